The Kier molecular flexibility index (Phi) is 5.05. The predicted octanol–water partition coefficient (Wildman–Crippen LogP) is 2.09. The second kappa shape index (κ2) is 6.64. The molecule has 0 aliphatic rings. The Balaban J connectivity index is 2.07. The second-order valence-electron chi connectivity index (χ2n) is 4.91. The van der Waals surface area contributed by atoms with Gasteiger partial charge in [-0.15, -0.1) is 0 Å². The molecule has 0 aromatic carbocycles. The molecule has 0 fully saturated rings. The molecule has 2 aromatic rings. The van der Waals surface area contributed by atoms with Gasteiger partial charge in [0.25, 0.3) is 15.9 Å². The molecule has 2 aromatic heterocycles. The van der Waals surface area contributed by atoms with Crippen molar-refractivity contribution in [3.05, 3.63) is 39.8 Å². The van der Waals surface area contributed by atoms with E-state index >= 15 is 0 Å². The minimum Gasteiger partial charge on any atom is -0.448 e. The van der Waals surface area contributed by atoms with Crippen molar-refractivity contribution in [1.29, 1.82) is 0 Å². The van der Waals surface area contributed by atoms with Gasteiger partial charge in [0.15, 0.2) is 0 Å². The van der Waals surface area contributed by atoms with Crippen LogP contribution in [0.5, 0.6) is 0 Å². The molecule has 1 amide bonds. The number of amides is 1. The summed E-state index contributed by atoms with van der Waals surface area (Å²) < 4.78 is 30.7. The van der Waals surface area contributed by atoms with Crippen molar-refractivity contribution in [2.75, 3.05) is 13.6 Å². The molecule has 0 radical (unpaired) electrons. The number of aryl methyl sites for hydroxylation is 1. The van der Waals surface area contributed by atoms with Gasteiger partial charge in [0, 0.05) is 12.6 Å². The number of nitrogens with one attached hydrogen (secondary N) is 2. The molecule has 1 atom stereocenters. The van der Waals surface area contributed by atoms with Crippen molar-refractivity contribution in [1.82, 2.24) is 10.0 Å². The van der Waals surface area contributed by atoms with Crippen LogP contribution in [0.2, 0.25) is 0 Å². The summed E-state index contributed by atoms with van der Waals surface area (Å²) in [5, 5.41) is 6.57. The summed E-state index contributed by atoms with van der Waals surface area (Å²) >= 11 is 1.61. The van der Waals surface area contributed by atoms with E-state index < -0.39 is 10.0 Å². The van der Waals surface area contributed by atoms with E-state index in [0.29, 0.717) is 6.54 Å². The first-order valence-corrected chi connectivity index (χ1v) is 9.12. The summed E-state index contributed by atoms with van der Waals surface area (Å²) in [6.45, 7) is 4.04. The van der Waals surface area contributed by atoms with E-state index in [0.717, 1.165) is 5.56 Å². The maximum Gasteiger partial charge on any atom is 0.273 e. The summed E-state index contributed by atoms with van der Waals surface area (Å²) in [6, 6.07) is 3.26. The number of sulfonamides is 1. The maximum atomic E-state index is 12.2. The fourth-order valence-corrected chi connectivity index (χ4v) is 3.42. The van der Waals surface area contributed by atoms with Gasteiger partial charge in [-0.2, -0.15) is 11.3 Å². The quantitative estimate of drug-likeness (QED) is 0.841. The van der Waals surface area contributed by atoms with E-state index in [4.69, 9.17) is 4.42 Å². The molecule has 6 nitrogen and oxygen atoms in total. The number of rotatable bonds is 6. The van der Waals surface area contributed by atoms with Crippen molar-refractivity contribution < 1.29 is 17.6 Å². The summed E-state index contributed by atoms with van der Waals surface area (Å²) in [5.74, 6) is 0.110. The molecule has 0 aliphatic heterocycles. The third kappa shape index (κ3) is 3.57. The van der Waals surface area contributed by atoms with Crippen LogP contribution in [0.1, 0.15) is 34.5 Å². The van der Waals surface area contributed by atoms with Crippen LogP contribution in [0.4, 0.5) is 0 Å². The minimum atomic E-state index is -3.70. The number of furan rings is 1. The van der Waals surface area contributed by atoms with Crippen LogP contribution < -0.4 is 10.0 Å². The number of hydrogen-bond acceptors (Lipinski definition) is 5. The van der Waals surface area contributed by atoms with E-state index in [1.54, 1.807) is 18.3 Å². The first kappa shape index (κ1) is 16.7. The predicted molar refractivity (Wildman–Crippen MR) is 84.8 cm³/mol. The van der Waals surface area contributed by atoms with Gasteiger partial charge < -0.3 is 9.73 Å². The van der Waals surface area contributed by atoms with E-state index in [1.165, 1.54) is 13.1 Å². The number of thiophene rings is 1. The van der Waals surface area contributed by atoms with E-state index in [2.05, 4.69) is 10.0 Å². The number of hydrogen-bond donors (Lipinski definition) is 2. The first-order chi connectivity index (χ1) is 10.3. The molecule has 0 aliphatic carbocycles. The molecule has 22 heavy (non-hydrogen) atoms. The van der Waals surface area contributed by atoms with Crippen LogP contribution in [-0.4, -0.2) is 27.9 Å². The van der Waals surface area contributed by atoms with Crippen molar-refractivity contribution in [3.8, 4) is 0 Å². The highest BCUT2D eigenvalue weighted by atomic mass is 32.2. The molecule has 0 bridgehead atoms. The van der Waals surface area contributed by atoms with E-state index in [1.807, 2.05) is 23.8 Å². The zero-order chi connectivity index (χ0) is 16.3. The van der Waals surface area contributed by atoms with Crippen LogP contribution in [0.3, 0.4) is 0 Å². The van der Waals surface area contributed by atoms with Crippen molar-refractivity contribution in [2.45, 2.75) is 24.9 Å². The summed E-state index contributed by atoms with van der Waals surface area (Å²) in [5.41, 5.74) is 1.39. The molecule has 8 heteroatoms. The zero-order valence-corrected chi connectivity index (χ0v) is 14.2. The average molecular weight is 342 g/mol. The van der Waals surface area contributed by atoms with Gasteiger partial charge in [-0.3, -0.25) is 4.79 Å². The highest BCUT2D eigenvalue weighted by Gasteiger charge is 2.22. The van der Waals surface area contributed by atoms with Crippen molar-refractivity contribution in [2.24, 2.45) is 0 Å². The smallest absolute Gasteiger partial charge is 0.273 e. The third-order valence-corrected chi connectivity index (χ3v) is 5.32. The van der Waals surface area contributed by atoms with Gasteiger partial charge in [-0.25, -0.2) is 13.1 Å². The Morgan fingerprint density at radius 3 is 2.77 bits per heavy atom. The second-order valence-corrected chi connectivity index (χ2v) is 7.51. The van der Waals surface area contributed by atoms with Gasteiger partial charge >= 0.3 is 0 Å². The molecule has 2 heterocycles. The first-order valence-electron chi connectivity index (χ1n) is 6.69. The largest absolute Gasteiger partial charge is 0.448 e. The Morgan fingerprint density at radius 1 is 1.45 bits per heavy atom. The van der Waals surface area contributed by atoms with Gasteiger partial charge in [0.2, 0.25) is 5.09 Å². The van der Waals surface area contributed by atoms with Crippen LogP contribution in [0, 0.1) is 6.92 Å². The topological polar surface area (TPSA) is 88.4 Å². The van der Waals surface area contributed by atoms with E-state index in [9.17, 15) is 13.2 Å². The molecule has 0 saturated heterocycles. The lowest BCUT2D eigenvalue weighted by atomic mass is 10.1. The molecule has 0 saturated carbocycles. The fourth-order valence-electron chi connectivity index (χ4n) is 1.93. The molecular weight excluding hydrogens is 324 g/mol. The molecule has 2 N–H and O–H groups in total. The average Bonchev–Trinajstić information content (AvgIpc) is 3.14. The summed E-state index contributed by atoms with van der Waals surface area (Å²) in [4.78, 5) is 12.2. The Labute approximate surface area is 133 Å². The summed E-state index contributed by atoms with van der Waals surface area (Å²) in [7, 11) is -2.41. The lowest BCUT2D eigenvalue weighted by Gasteiger charge is -2.10. The standard InChI is InChI=1S/C14H18N2O4S2/c1-9(11-4-5-21-8-11)7-16-14(17)12-6-13(20-10(12)2)22(18,19)15-3/h4-6,8-9,15H,7H2,1-3H3,(H,16,17). The monoisotopic (exact) mass is 342 g/mol. The molecule has 0 spiro atoms. The zero-order valence-electron chi connectivity index (χ0n) is 12.5. The van der Waals surface area contributed by atoms with Crippen molar-refractivity contribution in [3.63, 3.8) is 0 Å². The Bertz CT molecular complexity index is 748. The molecule has 120 valence electrons. The van der Waals surface area contributed by atoms with Gasteiger partial charge in [0.05, 0.1) is 5.56 Å². The number of carbonyl (C=O) groups is 1. The highest BCUT2D eigenvalue weighted by Crippen LogP contribution is 2.20. The minimum absolute atomic E-state index is 0.183. The van der Waals surface area contributed by atoms with Gasteiger partial charge in [-0.1, -0.05) is 6.92 Å². The summed E-state index contributed by atoms with van der Waals surface area (Å²) in [6.07, 6.45) is 0. The van der Waals surface area contributed by atoms with Crippen LogP contribution in [0.15, 0.2) is 32.4 Å². The van der Waals surface area contributed by atoms with Gasteiger partial charge in [-0.05, 0) is 42.3 Å². The third-order valence-electron chi connectivity index (χ3n) is 3.35. The van der Waals surface area contributed by atoms with Crippen LogP contribution in [0.25, 0.3) is 0 Å². The van der Waals surface area contributed by atoms with Crippen molar-refractivity contribution >= 4 is 27.3 Å². The van der Waals surface area contributed by atoms with Gasteiger partial charge in [0.1, 0.15) is 5.76 Å². The molecular formula is C14H18N2O4S2. The highest BCUT2D eigenvalue weighted by molar-refractivity contribution is 7.89. The van der Waals surface area contributed by atoms with Crippen LogP contribution >= 0.6 is 11.3 Å². The Hall–Kier alpha value is -1.64. The van der Waals surface area contributed by atoms with Crippen LogP contribution in [-0.2, 0) is 10.0 Å². The number of carbonyl (C=O) groups excluding carboxylic acids is 1. The Morgan fingerprint density at radius 2 is 2.18 bits per heavy atom. The lowest BCUT2D eigenvalue weighted by Crippen LogP contribution is -2.27. The molecule has 1 unspecified atom stereocenters. The fraction of sp³-hybridized carbons (Fsp3) is 0.357. The SMILES string of the molecule is CNS(=O)(=O)c1cc(C(=O)NCC(C)c2ccsc2)c(C)o1. The molecule has 2 rings (SSSR count). The van der Waals surface area contributed by atoms with E-state index in [-0.39, 0.29) is 28.2 Å². The normalized spacial score (nSPS) is 13.0. The maximum absolute atomic E-state index is 12.2. The lowest BCUT2D eigenvalue weighted by molar-refractivity contribution is 0.0950.